The Bertz CT molecular complexity index is 1390. The van der Waals surface area contributed by atoms with Crippen LogP contribution in [-0.4, -0.2) is 19.4 Å². The zero-order chi connectivity index (χ0) is 21.2. The second kappa shape index (κ2) is 8.04. The van der Waals surface area contributed by atoms with Gasteiger partial charge >= 0.3 is 0 Å². The monoisotopic (exact) mass is 407 g/mol. The summed E-state index contributed by atoms with van der Waals surface area (Å²) >= 11 is 0. The molecule has 0 radical (unpaired) electrons. The van der Waals surface area contributed by atoms with Crippen LogP contribution < -0.4 is 5.56 Å². The van der Waals surface area contributed by atoms with Gasteiger partial charge in [-0.3, -0.25) is 4.79 Å². The summed E-state index contributed by atoms with van der Waals surface area (Å²) in [7, 11) is 0. The van der Waals surface area contributed by atoms with E-state index >= 15 is 0 Å². The molecule has 0 saturated heterocycles. The van der Waals surface area contributed by atoms with Crippen LogP contribution in [0.15, 0.2) is 77.2 Å². The normalized spacial score (nSPS) is 14.0. The van der Waals surface area contributed by atoms with Crippen molar-refractivity contribution in [3.05, 3.63) is 82.8 Å². The number of hydrogen-bond donors (Lipinski definition) is 0. The number of rotatable bonds is 4. The van der Waals surface area contributed by atoms with Gasteiger partial charge in [0.25, 0.3) is 5.56 Å². The van der Waals surface area contributed by atoms with E-state index in [-0.39, 0.29) is 5.56 Å². The van der Waals surface area contributed by atoms with Crippen LogP contribution in [0.4, 0.5) is 0 Å². The predicted octanol–water partition coefficient (Wildman–Crippen LogP) is 4.92. The number of fused-ring (bicyclic) bond motifs is 1. The Labute approximate surface area is 179 Å². The average Bonchev–Trinajstić information content (AvgIpc) is 3.20. The molecule has 1 aromatic carbocycles. The Morgan fingerprint density at radius 3 is 2.58 bits per heavy atom. The Morgan fingerprint density at radius 2 is 1.74 bits per heavy atom. The number of benzene rings is 1. The fourth-order valence-corrected chi connectivity index (χ4v) is 4.28. The maximum absolute atomic E-state index is 12.8. The number of aromatic nitrogens is 4. The number of hydrogen-bond acceptors (Lipinski definition) is 4. The van der Waals surface area contributed by atoms with Gasteiger partial charge in [0.2, 0.25) is 0 Å². The molecule has 1 aliphatic rings. The van der Waals surface area contributed by atoms with Crippen LogP contribution in [0.5, 0.6) is 0 Å². The highest BCUT2D eigenvalue weighted by atomic mass is 16.1. The third-order valence-electron chi connectivity index (χ3n) is 5.74. The fourth-order valence-electron chi connectivity index (χ4n) is 4.28. The second-order valence-corrected chi connectivity index (χ2v) is 7.68. The number of allylic oxidation sites excluding steroid dienone is 2. The van der Waals surface area contributed by atoms with E-state index in [1.807, 2.05) is 59.2 Å². The molecular weight excluding hydrogens is 386 g/mol. The summed E-state index contributed by atoms with van der Waals surface area (Å²) in [6.07, 6.45) is 5.88. The number of nitriles is 1. The Hall–Kier alpha value is -3.98. The Kier molecular flexibility index (Phi) is 4.93. The van der Waals surface area contributed by atoms with Crippen LogP contribution in [0.2, 0.25) is 0 Å². The van der Waals surface area contributed by atoms with Gasteiger partial charge in [-0.25, -0.2) is 9.20 Å². The molecule has 4 aromatic rings. The van der Waals surface area contributed by atoms with Gasteiger partial charge in [-0.2, -0.15) is 15.5 Å². The molecule has 152 valence electrons. The molecule has 3 heterocycles. The first-order valence-electron chi connectivity index (χ1n) is 10.5. The Balaban J connectivity index is 1.75. The highest BCUT2D eigenvalue weighted by molar-refractivity contribution is 5.90. The summed E-state index contributed by atoms with van der Waals surface area (Å²) in [5, 5.41) is 18.8. The van der Waals surface area contributed by atoms with E-state index in [1.54, 1.807) is 12.1 Å². The van der Waals surface area contributed by atoms with Gasteiger partial charge in [-0.05, 0) is 49.5 Å². The fraction of sp³-hybridized carbons (Fsp3) is 0.200. The van der Waals surface area contributed by atoms with Gasteiger partial charge in [0.15, 0.2) is 0 Å². The molecule has 0 unspecified atom stereocenters. The third kappa shape index (κ3) is 3.44. The average molecular weight is 407 g/mol. The van der Waals surface area contributed by atoms with Gasteiger partial charge in [-0.15, -0.1) is 0 Å². The largest absolute Gasteiger partial charge is 0.271 e. The lowest BCUT2D eigenvalue weighted by Gasteiger charge is -2.20. The van der Waals surface area contributed by atoms with E-state index in [0.29, 0.717) is 12.1 Å². The van der Waals surface area contributed by atoms with Crippen molar-refractivity contribution in [1.82, 2.24) is 19.4 Å². The molecule has 3 aromatic heterocycles. The van der Waals surface area contributed by atoms with Crippen LogP contribution in [0, 0.1) is 11.3 Å². The van der Waals surface area contributed by atoms with E-state index in [1.165, 1.54) is 4.68 Å². The smallest absolute Gasteiger partial charge is 0.267 e. The highest BCUT2D eigenvalue weighted by Crippen LogP contribution is 2.34. The molecule has 0 N–H and O–H groups in total. The van der Waals surface area contributed by atoms with E-state index in [2.05, 4.69) is 6.07 Å². The first kappa shape index (κ1) is 19.0. The van der Waals surface area contributed by atoms with Crippen LogP contribution in [0.25, 0.3) is 33.7 Å². The van der Waals surface area contributed by atoms with Crippen LogP contribution in [-0.2, 0) is 0 Å². The van der Waals surface area contributed by atoms with Gasteiger partial charge in [-0.1, -0.05) is 36.4 Å². The summed E-state index contributed by atoms with van der Waals surface area (Å²) in [6, 6.07) is 21.5. The molecule has 6 heteroatoms. The van der Waals surface area contributed by atoms with E-state index < -0.39 is 0 Å². The van der Waals surface area contributed by atoms with Crippen molar-refractivity contribution >= 4 is 11.2 Å². The number of pyridine rings is 1. The van der Waals surface area contributed by atoms with E-state index in [4.69, 9.17) is 10.2 Å². The molecule has 6 nitrogen and oxygen atoms in total. The molecule has 5 rings (SSSR count). The molecular formula is C25H21N5O. The minimum atomic E-state index is -0.172. The molecule has 0 bridgehead atoms. The van der Waals surface area contributed by atoms with Crippen molar-refractivity contribution in [2.75, 3.05) is 0 Å². The van der Waals surface area contributed by atoms with Gasteiger partial charge < -0.3 is 0 Å². The lowest BCUT2D eigenvalue weighted by molar-refractivity contribution is 0.655. The molecule has 0 aliphatic heterocycles. The van der Waals surface area contributed by atoms with Gasteiger partial charge in [0.1, 0.15) is 5.69 Å². The summed E-state index contributed by atoms with van der Waals surface area (Å²) < 4.78 is 3.35. The zero-order valence-electron chi connectivity index (χ0n) is 17.0. The Morgan fingerprint density at radius 1 is 0.935 bits per heavy atom. The van der Waals surface area contributed by atoms with Crippen molar-refractivity contribution in [3.63, 3.8) is 0 Å². The molecule has 1 aliphatic carbocycles. The lowest BCUT2D eigenvalue weighted by atomic mass is 9.94. The van der Waals surface area contributed by atoms with Crippen molar-refractivity contribution in [2.24, 2.45) is 0 Å². The first-order valence-corrected chi connectivity index (χ1v) is 10.5. The first-order chi connectivity index (χ1) is 15.3. The van der Waals surface area contributed by atoms with Crippen molar-refractivity contribution < 1.29 is 0 Å². The maximum Gasteiger partial charge on any atom is 0.271 e. The minimum Gasteiger partial charge on any atom is -0.267 e. The van der Waals surface area contributed by atoms with Crippen molar-refractivity contribution in [1.29, 1.82) is 5.26 Å². The standard InChI is InChI=1S/C25H21N5O/c26-16-15-18-8-4-5-11-21(18)30-23(31)14-13-20(27-30)24-22-12-6-7-17-29(22)28-25(24)19-9-2-1-3-10-19/h1-3,6-7,9-10,12-14,17H,4-5,8,11,15H2. The third-order valence-corrected chi connectivity index (χ3v) is 5.74. The molecule has 0 atom stereocenters. The van der Waals surface area contributed by atoms with Gasteiger partial charge in [0, 0.05) is 23.5 Å². The predicted molar refractivity (Wildman–Crippen MR) is 120 cm³/mol. The topological polar surface area (TPSA) is 76.0 Å². The molecule has 0 amide bonds. The molecule has 0 fully saturated rings. The van der Waals surface area contributed by atoms with Crippen LogP contribution in [0.3, 0.4) is 0 Å². The lowest BCUT2D eigenvalue weighted by Crippen LogP contribution is -2.23. The van der Waals surface area contributed by atoms with Crippen LogP contribution >= 0.6 is 0 Å². The summed E-state index contributed by atoms with van der Waals surface area (Å²) in [5.41, 5.74) is 6.03. The maximum atomic E-state index is 12.8. The zero-order valence-corrected chi connectivity index (χ0v) is 17.0. The second-order valence-electron chi connectivity index (χ2n) is 7.68. The quantitative estimate of drug-likeness (QED) is 0.481. The van der Waals surface area contributed by atoms with E-state index in [0.717, 1.165) is 59.3 Å². The van der Waals surface area contributed by atoms with Crippen molar-refractivity contribution in [2.45, 2.75) is 32.1 Å². The van der Waals surface area contributed by atoms with Crippen LogP contribution in [0.1, 0.15) is 32.1 Å². The SMILES string of the molecule is N#CCC1=C(n2nc(-c3c(-c4ccccc4)nn4ccccc34)ccc2=O)CCCC1. The number of nitrogens with zero attached hydrogens (tertiary/aromatic N) is 5. The summed E-state index contributed by atoms with van der Waals surface area (Å²) in [4.78, 5) is 12.8. The van der Waals surface area contributed by atoms with Gasteiger partial charge in [0.05, 0.1) is 29.3 Å². The van der Waals surface area contributed by atoms with Crippen molar-refractivity contribution in [3.8, 4) is 28.6 Å². The van der Waals surface area contributed by atoms with E-state index in [9.17, 15) is 10.1 Å². The highest BCUT2D eigenvalue weighted by Gasteiger charge is 2.21. The molecule has 0 saturated carbocycles. The minimum absolute atomic E-state index is 0.172. The summed E-state index contributed by atoms with van der Waals surface area (Å²) in [6.45, 7) is 0. The molecule has 31 heavy (non-hydrogen) atoms. The summed E-state index contributed by atoms with van der Waals surface area (Å²) in [5.74, 6) is 0. The molecule has 0 spiro atoms.